The van der Waals surface area contributed by atoms with Gasteiger partial charge in [0.25, 0.3) is 5.89 Å². The summed E-state index contributed by atoms with van der Waals surface area (Å²) < 4.78 is 37.8. The van der Waals surface area contributed by atoms with Crippen molar-refractivity contribution in [1.29, 1.82) is 0 Å². The molecule has 1 heterocycles. The molecule has 4 nitrogen and oxygen atoms in total. The molecule has 0 radical (unpaired) electrons. The van der Waals surface area contributed by atoms with Crippen LogP contribution in [0.1, 0.15) is 11.1 Å². The summed E-state index contributed by atoms with van der Waals surface area (Å²) in [4.78, 5) is 4.19. The molecule has 0 N–H and O–H groups in total. The van der Waals surface area contributed by atoms with Crippen molar-refractivity contribution in [2.75, 3.05) is 0 Å². The minimum absolute atomic E-state index is 0.00722. The summed E-state index contributed by atoms with van der Waals surface area (Å²) in [5, 5.41) is 3.87. The van der Waals surface area contributed by atoms with Crippen molar-refractivity contribution >= 4 is 0 Å². The molecule has 0 aliphatic heterocycles. The topological polar surface area (TPSA) is 48.2 Å². The van der Waals surface area contributed by atoms with Gasteiger partial charge in [-0.15, -0.1) is 0 Å². The second-order valence-corrected chi connectivity index (χ2v) is 6.35. The molecular formula is C22H16F2N2O2. The Morgan fingerprint density at radius 1 is 0.929 bits per heavy atom. The fraction of sp³-hybridized carbons (Fsp3) is 0.0909. The van der Waals surface area contributed by atoms with Gasteiger partial charge in [-0.2, -0.15) is 4.98 Å². The van der Waals surface area contributed by atoms with Gasteiger partial charge in [0.15, 0.2) is 0 Å². The first-order valence-electron chi connectivity index (χ1n) is 8.66. The van der Waals surface area contributed by atoms with Gasteiger partial charge in [-0.05, 0) is 48.9 Å². The number of hydrogen-bond acceptors (Lipinski definition) is 4. The summed E-state index contributed by atoms with van der Waals surface area (Å²) >= 11 is 0. The van der Waals surface area contributed by atoms with Crippen LogP contribution in [0.25, 0.3) is 22.8 Å². The van der Waals surface area contributed by atoms with Crippen LogP contribution in [0.15, 0.2) is 71.3 Å². The van der Waals surface area contributed by atoms with Crippen LogP contribution in [0.2, 0.25) is 0 Å². The summed E-state index contributed by atoms with van der Waals surface area (Å²) in [5.74, 6) is -0.411. The second kappa shape index (κ2) is 7.60. The molecule has 0 saturated carbocycles. The lowest BCUT2D eigenvalue weighted by atomic mass is 10.1. The van der Waals surface area contributed by atoms with Crippen LogP contribution >= 0.6 is 0 Å². The molecule has 0 amide bonds. The van der Waals surface area contributed by atoms with E-state index in [9.17, 15) is 8.78 Å². The summed E-state index contributed by atoms with van der Waals surface area (Å²) in [6.07, 6.45) is 0. The van der Waals surface area contributed by atoms with E-state index < -0.39 is 11.6 Å². The zero-order valence-electron chi connectivity index (χ0n) is 15.0. The van der Waals surface area contributed by atoms with E-state index in [4.69, 9.17) is 9.26 Å². The third kappa shape index (κ3) is 3.91. The molecule has 0 bridgehead atoms. The van der Waals surface area contributed by atoms with Crippen molar-refractivity contribution in [1.82, 2.24) is 10.1 Å². The Labute approximate surface area is 160 Å². The van der Waals surface area contributed by atoms with Crippen molar-refractivity contribution in [3.8, 4) is 28.6 Å². The zero-order chi connectivity index (χ0) is 19.5. The Kier molecular flexibility index (Phi) is 4.85. The molecule has 3 aromatic carbocycles. The van der Waals surface area contributed by atoms with Crippen molar-refractivity contribution in [2.24, 2.45) is 0 Å². The standard InChI is InChI=1S/C22H16F2N2O2/c1-14-2-4-15(5-3-14)13-27-18-9-6-16(7-10-18)21-25-22(28-26-21)19-11-8-17(23)12-20(19)24/h2-12H,13H2,1H3. The van der Waals surface area contributed by atoms with Gasteiger partial charge in [-0.1, -0.05) is 35.0 Å². The van der Waals surface area contributed by atoms with Gasteiger partial charge in [0.05, 0.1) is 5.56 Å². The highest BCUT2D eigenvalue weighted by atomic mass is 19.1. The Balaban J connectivity index is 1.47. The number of rotatable bonds is 5. The molecule has 28 heavy (non-hydrogen) atoms. The maximum atomic E-state index is 13.9. The normalized spacial score (nSPS) is 10.8. The van der Waals surface area contributed by atoms with Gasteiger partial charge < -0.3 is 9.26 Å². The first-order chi connectivity index (χ1) is 13.6. The van der Waals surface area contributed by atoms with E-state index in [1.54, 1.807) is 24.3 Å². The van der Waals surface area contributed by atoms with Crippen LogP contribution in [-0.2, 0) is 6.61 Å². The van der Waals surface area contributed by atoms with Crippen molar-refractivity contribution < 1.29 is 18.0 Å². The molecule has 0 saturated heterocycles. The monoisotopic (exact) mass is 378 g/mol. The lowest BCUT2D eigenvalue weighted by molar-refractivity contribution is 0.306. The third-order valence-corrected chi connectivity index (χ3v) is 4.23. The number of nitrogens with zero attached hydrogens (tertiary/aromatic N) is 2. The lowest BCUT2D eigenvalue weighted by Gasteiger charge is -2.07. The average molecular weight is 378 g/mol. The average Bonchev–Trinajstić information content (AvgIpc) is 3.18. The Hall–Kier alpha value is -3.54. The molecule has 6 heteroatoms. The minimum Gasteiger partial charge on any atom is -0.489 e. The van der Waals surface area contributed by atoms with E-state index in [2.05, 4.69) is 10.1 Å². The lowest BCUT2D eigenvalue weighted by Crippen LogP contribution is -1.95. The van der Waals surface area contributed by atoms with E-state index in [1.165, 1.54) is 11.6 Å². The quantitative estimate of drug-likeness (QED) is 0.456. The Bertz CT molecular complexity index is 1090. The molecule has 4 rings (SSSR count). The first-order valence-corrected chi connectivity index (χ1v) is 8.66. The Morgan fingerprint density at radius 2 is 1.68 bits per heavy atom. The highest BCUT2D eigenvalue weighted by Crippen LogP contribution is 2.26. The van der Waals surface area contributed by atoms with Crippen LogP contribution in [0.3, 0.4) is 0 Å². The smallest absolute Gasteiger partial charge is 0.261 e. The summed E-state index contributed by atoms with van der Waals surface area (Å²) in [6, 6.07) is 18.5. The number of aryl methyl sites for hydroxylation is 1. The maximum Gasteiger partial charge on any atom is 0.261 e. The number of hydrogen-bond donors (Lipinski definition) is 0. The molecule has 0 aliphatic rings. The van der Waals surface area contributed by atoms with Crippen LogP contribution in [0.5, 0.6) is 5.75 Å². The van der Waals surface area contributed by atoms with Gasteiger partial charge in [-0.3, -0.25) is 0 Å². The number of aromatic nitrogens is 2. The van der Waals surface area contributed by atoms with E-state index in [0.29, 0.717) is 23.7 Å². The maximum absolute atomic E-state index is 13.9. The molecule has 0 aliphatic carbocycles. The summed E-state index contributed by atoms with van der Waals surface area (Å²) in [7, 11) is 0. The predicted octanol–water partition coefficient (Wildman–Crippen LogP) is 5.57. The summed E-state index contributed by atoms with van der Waals surface area (Å²) in [6.45, 7) is 2.51. The Morgan fingerprint density at radius 3 is 2.39 bits per heavy atom. The summed E-state index contributed by atoms with van der Waals surface area (Å²) in [5.41, 5.74) is 3.03. The minimum atomic E-state index is -0.755. The largest absolute Gasteiger partial charge is 0.489 e. The van der Waals surface area contributed by atoms with E-state index >= 15 is 0 Å². The van der Waals surface area contributed by atoms with Gasteiger partial charge in [0, 0.05) is 11.6 Å². The highest BCUT2D eigenvalue weighted by molar-refractivity contribution is 5.60. The van der Waals surface area contributed by atoms with Crippen LogP contribution in [0.4, 0.5) is 8.78 Å². The van der Waals surface area contributed by atoms with Crippen molar-refractivity contribution in [3.63, 3.8) is 0 Å². The number of ether oxygens (including phenoxy) is 1. The van der Waals surface area contributed by atoms with Gasteiger partial charge in [0.2, 0.25) is 5.82 Å². The molecule has 1 aromatic heterocycles. The molecule has 140 valence electrons. The molecule has 0 unspecified atom stereocenters. The first kappa shape index (κ1) is 17.9. The van der Waals surface area contributed by atoms with Crippen molar-refractivity contribution in [2.45, 2.75) is 13.5 Å². The third-order valence-electron chi connectivity index (χ3n) is 4.23. The zero-order valence-corrected chi connectivity index (χ0v) is 15.0. The van der Waals surface area contributed by atoms with Crippen molar-refractivity contribution in [3.05, 3.63) is 89.5 Å². The fourth-order valence-electron chi connectivity index (χ4n) is 2.66. The number of halogens is 2. The molecular weight excluding hydrogens is 362 g/mol. The molecule has 0 fully saturated rings. The molecule has 0 atom stereocenters. The second-order valence-electron chi connectivity index (χ2n) is 6.35. The van der Waals surface area contributed by atoms with Crippen LogP contribution in [0, 0.1) is 18.6 Å². The van der Waals surface area contributed by atoms with E-state index in [-0.39, 0.29) is 11.5 Å². The SMILES string of the molecule is Cc1ccc(COc2ccc(-c3noc(-c4ccc(F)cc4F)n3)cc2)cc1. The van der Waals surface area contributed by atoms with Gasteiger partial charge >= 0.3 is 0 Å². The highest BCUT2D eigenvalue weighted by Gasteiger charge is 2.15. The molecule has 4 aromatic rings. The predicted molar refractivity (Wildman–Crippen MR) is 101 cm³/mol. The van der Waals surface area contributed by atoms with Crippen LogP contribution < -0.4 is 4.74 Å². The van der Waals surface area contributed by atoms with Gasteiger partial charge in [0.1, 0.15) is 24.0 Å². The fourth-order valence-corrected chi connectivity index (χ4v) is 2.66. The molecule has 0 spiro atoms. The van der Waals surface area contributed by atoms with E-state index in [1.807, 2.05) is 31.2 Å². The van der Waals surface area contributed by atoms with Gasteiger partial charge in [-0.25, -0.2) is 8.78 Å². The van der Waals surface area contributed by atoms with E-state index in [0.717, 1.165) is 17.7 Å². The van der Waals surface area contributed by atoms with Crippen LogP contribution in [-0.4, -0.2) is 10.1 Å². The number of benzene rings is 3.